The second-order valence-electron chi connectivity index (χ2n) is 4.01. The zero-order chi connectivity index (χ0) is 11.7. The van der Waals surface area contributed by atoms with Crippen LogP contribution in [0.1, 0.15) is 36.5 Å². The average Bonchev–Trinajstić information content (AvgIpc) is 2.82. The fourth-order valence-corrected chi connectivity index (χ4v) is 3.17. The van der Waals surface area contributed by atoms with E-state index in [1.165, 1.54) is 11.5 Å². The summed E-state index contributed by atoms with van der Waals surface area (Å²) in [5.41, 5.74) is 11.4. The van der Waals surface area contributed by atoms with Crippen molar-refractivity contribution < 1.29 is 4.79 Å². The molecule has 0 spiro atoms. The molecule has 0 saturated carbocycles. The van der Waals surface area contributed by atoms with Crippen LogP contribution in [0.2, 0.25) is 0 Å². The van der Waals surface area contributed by atoms with Gasteiger partial charge in [0.2, 0.25) is 0 Å². The summed E-state index contributed by atoms with van der Waals surface area (Å²) in [6.07, 6.45) is 3.37. The van der Waals surface area contributed by atoms with Crippen molar-refractivity contribution in [3.63, 3.8) is 0 Å². The van der Waals surface area contributed by atoms with Crippen molar-refractivity contribution in [3.05, 3.63) is 5.56 Å². The summed E-state index contributed by atoms with van der Waals surface area (Å²) in [6, 6.07) is 0.484. The van der Waals surface area contributed by atoms with Crippen LogP contribution in [0, 0.1) is 0 Å². The Bertz CT molecular complexity index is 404. The van der Waals surface area contributed by atoms with E-state index in [4.69, 9.17) is 11.5 Å². The quantitative estimate of drug-likeness (QED) is 0.831. The number of hydrogen-bond acceptors (Lipinski definition) is 5. The summed E-state index contributed by atoms with van der Waals surface area (Å²) in [7, 11) is 0. The van der Waals surface area contributed by atoms with Gasteiger partial charge in [0.05, 0.1) is 0 Å². The van der Waals surface area contributed by atoms with Gasteiger partial charge in [0, 0.05) is 12.6 Å². The maximum atomic E-state index is 11.3. The topological polar surface area (TPSA) is 85.2 Å². The summed E-state index contributed by atoms with van der Waals surface area (Å²) in [4.78, 5) is 13.6. The van der Waals surface area contributed by atoms with Gasteiger partial charge in [-0.1, -0.05) is 6.92 Å². The number of hydrogen-bond donors (Lipinski definition) is 2. The predicted molar refractivity (Wildman–Crippen MR) is 65.7 cm³/mol. The smallest absolute Gasteiger partial charge is 0.255 e. The fourth-order valence-electron chi connectivity index (χ4n) is 2.25. The molecule has 1 atom stereocenters. The van der Waals surface area contributed by atoms with E-state index >= 15 is 0 Å². The summed E-state index contributed by atoms with van der Waals surface area (Å²) in [5.74, 6) is -0.225. The van der Waals surface area contributed by atoms with Crippen LogP contribution >= 0.6 is 11.5 Å². The third-order valence-electron chi connectivity index (χ3n) is 3.06. The second-order valence-corrected chi connectivity index (χ2v) is 4.76. The maximum absolute atomic E-state index is 11.3. The van der Waals surface area contributed by atoms with E-state index in [0.717, 1.165) is 30.8 Å². The van der Waals surface area contributed by atoms with Gasteiger partial charge in [0.15, 0.2) is 5.82 Å². The lowest BCUT2D eigenvalue weighted by molar-refractivity contribution is 0.100. The number of aromatic nitrogens is 1. The maximum Gasteiger partial charge on any atom is 0.255 e. The molecule has 1 amide bonds. The minimum absolute atomic E-state index is 0.259. The molecule has 0 radical (unpaired) electrons. The molecule has 2 heterocycles. The standard InChI is InChI=1S/C10H16N4OS/c1-2-6-4-3-5-14(6)10-7(9(12)15)8(11)13-16-10/h6H,2-5H2,1H3,(H2,11,13)(H2,12,15). The van der Waals surface area contributed by atoms with Gasteiger partial charge in [0.1, 0.15) is 10.6 Å². The van der Waals surface area contributed by atoms with E-state index in [0.29, 0.717) is 11.6 Å². The van der Waals surface area contributed by atoms with Crippen LogP contribution in [0.25, 0.3) is 0 Å². The number of anilines is 2. The molecule has 1 fully saturated rings. The molecule has 2 rings (SSSR count). The molecule has 1 aliphatic heterocycles. The number of carbonyl (C=O) groups is 1. The monoisotopic (exact) mass is 240 g/mol. The summed E-state index contributed by atoms with van der Waals surface area (Å²) in [5, 5.41) is 0.842. The highest BCUT2D eigenvalue weighted by Crippen LogP contribution is 2.35. The number of primary amides is 1. The molecule has 16 heavy (non-hydrogen) atoms. The van der Waals surface area contributed by atoms with E-state index in [9.17, 15) is 4.79 Å². The van der Waals surface area contributed by atoms with E-state index in [1.54, 1.807) is 0 Å². The normalized spacial score (nSPS) is 20.3. The number of nitrogens with two attached hydrogens (primary N) is 2. The first-order valence-corrected chi connectivity index (χ1v) is 6.24. The van der Waals surface area contributed by atoms with Crippen LogP contribution in [0.4, 0.5) is 10.8 Å². The molecule has 1 unspecified atom stereocenters. The van der Waals surface area contributed by atoms with Crippen LogP contribution in [0.3, 0.4) is 0 Å². The fraction of sp³-hybridized carbons (Fsp3) is 0.600. The van der Waals surface area contributed by atoms with Crippen molar-refractivity contribution in [1.29, 1.82) is 0 Å². The van der Waals surface area contributed by atoms with E-state index in [2.05, 4.69) is 16.2 Å². The molecular formula is C10H16N4OS. The van der Waals surface area contributed by atoms with Crippen LogP contribution < -0.4 is 16.4 Å². The van der Waals surface area contributed by atoms with Crippen LogP contribution in [-0.2, 0) is 0 Å². The van der Waals surface area contributed by atoms with Crippen LogP contribution in [0.5, 0.6) is 0 Å². The first-order chi connectivity index (χ1) is 7.65. The molecule has 5 nitrogen and oxygen atoms in total. The highest BCUT2D eigenvalue weighted by atomic mass is 32.1. The minimum Gasteiger partial charge on any atom is -0.382 e. The average molecular weight is 240 g/mol. The summed E-state index contributed by atoms with van der Waals surface area (Å²) < 4.78 is 4.03. The first kappa shape index (κ1) is 11.2. The van der Waals surface area contributed by atoms with E-state index in [-0.39, 0.29) is 5.82 Å². The lowest BCUT2D eigenvalue weighted by Gasteiger charge is -2.24. The van der Waals surface area contributed by atoms with Gasteiger partial charge in [-0.15, -0.1) is 0 Å². The largest absolute Gasteiger partial charge is 0.382 e. The van der Waals surface area contributed by atoms with E-state index in [1.807, 2.05) is 0 Å². The zero-order valence-corrected chi connectivity index (χ0v) is 10.1. The lowest BCUT2D eigenvalue weighted by atomic mass is 10.1. The molecule has 4 N–H and O–H groups in total. The Morgan fingerprint density at radius 1 is 1.69 bits per heavy atom. The minimum atomic E-state index is -0.483. The van der Waals surface area contributed by atoms with Gasteiger partial charge >= 0.3 is 0 Å². The third kappa shape index (κ3) is 1.73. The Balaban J connectivity index is 2.36. The summed E-state index contributed by atoms with van der Waals surface area (Å²) >= 11 is 1.27. The van der Waals surface area contributed by atoms with Crippen molar-refractivity contribution in [2.75, 3.05) is 17.2 Å². The molecule has 1 aliphatic rings. The molecule has 1 aromatic rings. The van der Waals surface area contributed by atoms with Crippen molar-refractivity contribution >= 4 is 28.3 Å². The Labute approximate surface area is 98.6 Å². The second kappa shape index (κ2) is 4.29. The molecule has 6 heteroatoms. The molecule has 88 valence electrons. The number of nitrogen functional groups attached to an aromatic ring is 1. The van der Waals surface area contributed by atoms with Crippen LogP contribution in [0.15, 0.2) is 0 Å². The summed E-state index contributed by atoms with van der Waals surface area (Å²) in [6.45, 7) is 3.11. The third-order valence-corrected chi connectivity index (χ3v) is 3.96. The Morgan fingerprint density at radius 3 is 3.06 bits per heavy atom. The van der Waals surface area contributed by atoms with Gasteiger partial charge in [-0.3, -0.25) is 4.79 Å². The molecule has 0 bridgehead atoms. The Kier molecular flexibility index (Phi) is 3.00. The number of nitrogens with zero attached hydrogens (tertiary/aromatic N) is 2. The highest BCUT2D eigenvalue weighted by molar-refractivity contribution is 7.11. The first-order valence-electron chi connectivity index (χ1n) is 5.46. The van der Waals surface area contributed by atoms with Gasteiger partial charge < -0.3 is 16.4 Å². The Hall–Kier alpha value is -1.30. The van der Waals surface area contributed by atoms with Crippen LogP contribution in [-0.4, -0.2) is 22.9 Å². The van der Waals surface area contributed by atoms with Gasteiger partial charge in [0.25, 0.3) is 5.91 Å². The molecule has 0 aromatic carbocycles. The number of carbonyl (C=O) groups excluding carboxylic acids is 1. The predicted octanol–water partition coefficient (Wildman–Crippen LogP) is 1.20. The van der Waals surface area contributed by atoms with Gasteiger partial charge in [-0.25, -0.2) is 0 Å². The number of amides is 1. The van der Waals surface area contributed by atoms with Crippen molar-refractivity contribution in [2.45, 2.75) is 32.2 Å². The number of rotatable bonds is 3. The van der Waals surface area contributed by atoms with Crippen molar-refractivity contribution in [3.8, 4) is 0 Å². The lowest BCUT2D eigenvalue weighted by Crippen LogP contribution is -2.29. The van der Waals surface area contributed by atoms with Gasteiger partial charge in [-0.05, 0) is 30.8 Å². The van der Waals surface area contributed by atoms with E-state index < -0.39 is 5.91 Å². The molecule has 1 saturated heterocycles. The molecule has 0 aliphatic carbocycles. The van der Waals surface area contributed by atoms with Gasteiger partial charge in [-0.2, -0.15) is 4.37 Å². The SMILES string of the molecule is CCC1CCCN1c1snc(N)c1C(N)=O. The Morgan fingerprint density at radius 2 is 2.44 bits per heavy atom. The molecular weight excluding hydrogens is 224 g/mol. The molecule has 1 aromatic heterocycles. The van der Waals surface area contributed by atoms with Crippen molar-refractivity contribution in [1.82, 2.24) is 4.37 Å². The van der Waals surface area contributed by atoms with Crippen molar-refractivity contribution in [2.24, 2.45) is 5.73 Å². The zero-order valence-electron chi connectivity index (χ0n) is 9.27. The highest BCUT2D eigenvalue weighted by Gasteiger charge is 2.29.